The van der Waals surface area contributed by atoms with Crippen LogP contribution in [0, 0.1) is 0 Å². The molecule has 0 radical (unpaired) electrons. The Kier molecular flexibility index (Phi) is 6.58. The summed E-state index contributed by atoms with van der Waals surface area (Å²) in [6.45, 7) is 4.00. The molecule has 2 aromatic heterocycles. The molecule has 36 heavy (non-hydrogen) atoms. The molecule has 0 unspecified atom stereocenters. The minimum absolute atomic E-state index is 0.0109. The summed E-state index contributed by atoms with van der Waals surface area (Å²) in [4.78, 5) is 8.84. The molecule has 0 bridgehead atoms. The van der Waals surface area contributed by atoms with E-state index in [1.165, 1.54) is 30.5 Å². The number of anilines is 1. The maximum Gasteiger partial charge on any atom is 0.270 e. The van der Waals surface area contributed by atoms with E-state index in [1.807, 2.05) is 0 Å². The fourth-order valence-electron chi connectivity index (χ4n) is 3.34. The number of halogens is 2. The van der Waals surface area contributed by atoms with Gasteiger partial charge in [-0.1, -0.05) is 24.3 Å². The van der Waals surface area contributed by atoms with Crippen LogP contribution in [-0.2, 0) is 9.84 Å². The zero-order valence-electron chi connectivity index (χ0n) is 19.7. The van der Waals surface area contributed by atoms with Crippen LogP contribution in [0.1, 0.15) is 32.4 Å². The highest BCUT2D eigenvalue weighted by atomic mass is 32.2. The summed E-state index contributed by atoms with van der Waals surface area (Å²) < 4.78 is 57.4. The van der Waals surface area contributed by atoms with E-state index < -0.39 is 27.1 Å². The Hall–Kier alpha value is -3.77. The van der Waals surface area contributed by atoms with E-state index in [2.05, 4.69) is 20.2 Å². The summed E-state index contributed by atoms with van der Waals surface area (Å²) in [6, 6.07) is 10.9. The van der Waals surface area contributed by atoms with E-state index in [1.54, 1.807) is 38.1 Å². The average molecular weight is 515 g/mol. The lowest BCUT2D eigenvalue weighted by molar-refractivity contribution is -0.00619. The third-order valence-electron chi connectivity index (χ3n) is 5.59. The van der Waals surface area contributed by atoms with E-state index in [9.17, 15) is 17.2 Å². The molecule has 1 atom stereocenters. The second-order valence-electron chi connectivity index (χ2n) is 8.58. The van der Waals surface area contributed by atoms with Crippen molar-refractivity contribution in [3.8, 4) is 34.3 Å². The molecule has 4 N–H and O–H groups in total. The van der Waals surface area contributed by atoms with Crippen molar-refractivity contribution in [2.75, 3.05) is 5.73 Å². The van der Waals surface area contributed by atoms with Crippen molar-refractivity contribution >= 4 is 15.7 Å². The molecule has 0 saturated heterocycles. The first-order valence-corrected chi connectivity index (χ1v) is 12.5. The number of benzene rings is 2. The third kappa shape index (κ3) is 4.95. The number of sulfone groups is 1. The van der Waals surface area contributed by atoms with Crippen LogP contribution in [0.2, 0.25) is 0 Å². The summed E-state index contributed by atoms with van der Waals surface area (Å²) in [6.07, 6.45) is 1.45. The second kappa shape index (κ2) is 9.36. The fraction of sp³-hybridized carbons (Fsp3) is 0.250. The van der Waals surface area contributed by atoms with Gasteiger partial charge in [-0.2, -0.15) is 0 Å². The van der Waals surface area contributed by atoms with Crippen LogP contribution >= 0.6 is 0 Å². The number of alkyl halides is 2. The first-order chi connectivity index (χ1) is 16.9. The summed E-state index contributed by atoms with van der Waals surface area (Å²) in [5.74, 6) is -2.87. The van der Waals surface area contributed by atoms with Gasteiger partial charge in [0.2, 0.25) is 5.89 Å². The van der Waals surface area contributed by atoms with Gasteiger partial charge in [0.05, 0.1) is 28.1 Å². The summed E-state index contributed by atoms with van der Waals surface area (Å²) in [7, 11) is -3.41. The standard InChI is InChI=1S/C24H24F2N6O3S/c1-13(2)36(33,34)17-10-8-14(9-11-17)18-12-29-21(28)19(30-18)23-32-31-22(35-23)16-6-4-15(5-7-16)20(27)24(3,25)26/h4-13,20H,27H2,1-3H3,(H2,28,29)/t20-/m1/s1. The SMILES string of the molecule is CC(C)S(=O)(=O)c1ccc(-c2cnc(N)c(-c3nnc(-c4ccc([C@@H](N)C(C)(F)F)cc4)o3)n2)cc1. The van der Waals surface area contributed by atoms with Crippen molar-refractivity contribution < 1.29 is 21.6 Å². The molecule has 0 amide bonds. The Labute approximate surface area is 206 Å². The van der Waals surface area contributed by atoms with E-state index in [0.717, 1.165) is 6.92 Å². The number of nitrogens with zero attached hydrogens (tertiary/aromatic N) is 4. The van der Waals surface area contributed by atoms with Gasteiger partial charge in [-0.05, 0) is 43.7 Å². The van der Waals surface area contributed by atoms with Crippen LogP contribution < -0.4 is 11.5 Å². The monoisotopic (exact) mass is 514 g/mol. The van der Waals surface area contributed by atoms with Crippen LogP contribution in [0.3, 0.4) is 0 Å². The number of hydrogen-bond donors (Lipinski definition) is 2. The predicted octanol–water partition coefficient (Wildman–Crippen LogP) is 4.28. The molecule has 4 aromatic rings. The van der Waals surface area contributed by atoms with Crippen molar-refractivity contribution in [2.24, 2.45) is 5.73 Å². The highest BCUT2D eigenvalue weighted by Gasteiger charge is 2.32. The Balaban J connectivity index is 1.61. The molecule has 0 aliphatic rings. The van der Waals surface area contributed by atoms with Gasteiger partial charge in [-0.3, -0.25) is 0 Å². The van der Waals surface area contributed by atoms with Gasteiger partial charge < -0.3 is 15.9 Å². The van der Waals surface area contributed by atoms with Crippen LogP contribution in [-0.4, -0.2) is 39.8 Å². The first-order valence-electron chi connectivity index (χ1n) is 10.9. The van der Waals surface area contributed by atoms with Gasteiger partial charge in [0.15, 0.2) is 21.3 Å². The molecule has 0 aliphatic heterocycles. The van der Waals surface area contributed by atoms with Gasteiger partial charge in [0.1, 0.15) is 0 Å². The van der Waals surface area contributed by atoms with E-state index >= 15 is 0 Å². The predicted molar refractivity (Wildman–Crippen MR) is 130 cm³/mol. The summed E-state index contributed by atoms with van der Waals surface area (Å²) >= 11 is 0. The molecular weight excluding hydrogens is 490 g/mol. The lowest BCUT2D eigenvalue weighted by Gasteiger charge is -2.19. The summed E-state index contributed by atoms with van der Waals surface area (Å²) in [5.41, 5.74) is 13.5. The molecule has 2 aromatic carbocycles. The molecule has 0 aliphatic carbocycles. The third-order valence-corrected chi connectivity index (χ3v) is 7.76. The van der Waals surface area contributed by atoms with Crippen molar-refractivity contribution in [1.29, 1.82) is 0 Å². The molecule has 188 valence electrons. The smallest absolute Gasteiger partial charge is 0.270 e. The first kappa shape index (κ1) is 25.3. The van der Waals surface area contributed by atoms with Crippen molar-refractivity contribution in [3.05, 3.63) is 60.3 Å². The zero-order chi connectivity index (χ0) is 26.3. The van der Waals surface area contributed by atoms with Gasteiger partial charge in [-0.25, -0.2) is 27.2 Å². The van der Waals surface area contributed by atoms with Crippen molar-refractivity contribution in [2.45, 2.75) is 42.9 Å². The number of rotatable bonds is 7. The lowest BCUT2D eigenvalue weighted by Crippen LogP contribution is -2.29. The minimum atomic E-state index is -3.41. The Morgan fingerprint density at radius 2 is 1.53 bits per heavy atom. The van der Waals surface area contributed by atoms with Crippen molar-refractivity contribution in [3.63, 3.8) is 0 Å². The maximum atomic E-state index is 13.5. The Morgan fingerprint density at radius 1 is 0.944 bits per heavy atom. The molecule has 2 heterocycles. The zero-order valence-corrected chi connectivity index (χ0v) is 20.5. The molecule has 9 nitrogen and oxygen atoms in total. The van der Waals surface area contributed by atoms with Gasteiger partial charge in [0.25, 0.3) is 11.8 Å². The van der Waals surface area contributed by atoms with E-state index in [4.69, 9.17) is 15.9 Å². The number of aromatic nitrogens is 4. The highest BCUT2D eigenvalue weighted by Crippen LogP contribution is 2.31. The second-order valence-corrected chi connectivity index (χ2v) is 11.1. The molecule has 4 rings (SSSR count). The summed E-state index contributed by atoms with van der Waals surface area (Å²) in [5, 5.41) is 7.45. The fourth-order valence-corrected chi connectivity index (χ4v) is 4.40. The average Bonchev–Trinajstić information content (AvgIpc) is 3.33. The number of nitrogen functional groups attached to an aromatic ring is 1. The normalized spacial score (nSPS) is 13.2. The highest BCUT2D eigenvalue weighted by molar-refractivity contribution is 7.92. The van der Waals surface area contributed by atoms with Gasteiger partial charge in [-0.15, -0.1) is 10.2 Å². The molecule has 12 heteroatoms. The quantitative estimate of drug-likeness (QED) is 0.368. The van der Waals surface area contributed by atoms with Crippen molar-refractivity contribution in [1.82, 2.24) is 20.2 Å². The van der Waals surface area contributed by atoms with Gasteiger partial charge in [0, 0.05) is 18.1 Å². The minimum Gasteiger partial charge on any atom is -0.414 e. The largest absolute Gasteiger partial charge is 0.414 e. The molecule has 0 saturated carbocycles. The molecule has 0 spiro atoms. The van der Waals surface area contributed by atoms with Crippen LogP contribution in [0.25, 0.3) is 34.3 Å². The maximum absolute atomic E-state index is 13.5. The Bertz CT molecular complexity index is 1480. The van der Waals surface area contributed by atoms with Crippen LogP contribution in [0.5, 0.6) is 0 Å². The van der Waals surface area contributed by atoms with E-state index in [-0.39, 0.29) is 33.8 Å². The van der Waals surface area contributed by atoms with Gasteiger partial charge >= 0.3 is 0 Å². The van der Waals surface area contributed by atoms with Crippen LogP contribution in [0.15, 0.2) is 64.0 Å². The lowest BCUT2D eigenvalue weighted by atomic mass is 10.0. The molecule has 0 fully saturated rings. The Morgan fingerprint density at radius 3 is 2.11 bits per heavy atom. The number of hydrogen-bond acceptors (Lipinski definition) is 9. The van der Waals surface area contributed by atoms with Crippen LogP contribution in [0.4, 0.5) is 14.6 Å². The van der Waals surface area contributed by atoms with E-state index in [0.29, 0.717) is 16.8 Å². The topological polar surface area (TPSA) is 151 Å². The molecular formula is C24H24F2N6O3S. The number of nitrogens with two attached hydrogens (primary N) is 2.